The largest absolute Gasteiger partial charge is 0.289 e. The van der Waals surface area contributed by atoms with E-state index < -0.39 is 0 Å². The van der Waals surface area contributed by atoms with E-state index in [2.05, 4.69) is 155 Å². The van der Waals surface area contributed by atoms with Crippen molar-refractivity contribution in [2.24, 2.45) is 21.7 Å². The summed E-state index contributed by atoms with van der Waals surface area (Å²) in [5, 5.41) is 4.24. The Hall–Kier alpha value is -3.12. The lowest BCUT2D eigenvalue weighted by Gasteiger charge is -2.32. The summed E-state index contributed by atoms with van der Waals surface area (Å²) in [5.41, 5.74) is 6.67. The number of ketones is 2. The Morgan fingerprint density at radius 1 is 0.447 bits per heavy atom. The lowest BCUT2D eigenvalue weighted by atomic mass is 9.71. The van der Waals surface area contributed by atoms with Gasteiger partial charge in [-0.15, -0.1) is 34.0 Å². The molecule has 0 aromatic carbocycles. The number of hydrogen-bond donors (Lipinski definition) is 0. The molecule has 246 valence electrons. The molecule has 0 saturated heterocycles. The van der Waals surface area contributed by atoms with Crippen molar-refractivity contribution in [1.82, 2.24) is 0 Å². The second-order valence-electron chi connectivity index (χ2n) is 16.7. The fraction of sp³-hybridized carbons (Fsp3) is 0.381. The van der Waals surface area contributed by atoms with Crippen molar-refractivity contribution in [1.29, 1.82) is 0 Å². The molecular formula is C42H48O2S3. The Kier molecular flexibility index (Phi) is 9.29. The van der Waals surface area contributed by atoms with Gasteiger partial charge in [-0.05, 0) is 92.1 Å². The first-order valence-electron chi connectivity index (χ1n) is 16.3. The minimum atomic E-state index is -0.294. The Labute approximate surface area is 294 Å². The summed E-state index contributed by atoms with van der Waals surface area (Å²) in [5.74, 6) is 0.288. The van der Waals surface area contributed by atoms with Gasteiger partial charge in [0.15, 0.2) is 11.6 Å². The molecule has 2 aliphatic carbocycles. The minimum absolute atomic E-state index is 0.144. The average molecular weight is 681 g/mol. The maximum atomic E-state index is 13.8. The zero-order valence-corrected chi connectivity index (χ0v) is 32.4. The third-order valence-corrected chi connectivity index (χ3v) is 11.5. The van der Waals surface area contributed by atoms with Crippen LogP contribution in [0.1, 0.15) is 103 Å². The third kappa shape index (κ3) is 7.18. The summed E-state index contributed by atoms with van der Waals surface area (Å²) < 4.78 is 0. The number of carbonyl (C=O) groups is 2. The van der Waals surface area contributed by atoms with Crippen molar-refractivity contribution < 1.29 is 9.59 Å². The number of carbonyl (C=O) groups excluding carboxylic acids is 2. The second-order valence-corrected chi connectivity index (χ2v) is 19.6. The first-order valence-corrected chi connectivity index (χ1v) is 18.9. The first kappa shape index (κ1) is 35.2. The Bertz CT molecular complexity index is 1690. The molecular weight excluding hydrogens is 633 g/mol. The van der Waals surface area contributed by atoms with E-state index in [1.165, 1.54) is 9.75 Å². The van der Waals surface area contributed by atoms with Gasteiger partial charge in [-0.1, -0.05) is 95.2 Å². The van der Waals surface area contributed by atoms with Gasteiger partial charge < -0.3 is 0 Å². The Morgan fingerprint density at radius 2 is 0.745 bits per heavy atom. The Morgan fingerprint density at radius 3 is 0.979 bits per heavy atom. The standard InChI is InChI=1S/C42H48O2S3/c1-39(2,3)27-21-25(22-28(37(27)43)40(4,5)6)35(31-15-13-19-45-31)33-17-18-34(47-33)36(32-16-14-20-46-32)26-23-29(41(7,8)9)38(44)30(24-26)42(10,11)12/h13-24H,1-12H3. The zero-order valence-electron chi connectivity index (χ0n) is 30.0. The van der Waals surface area contributed by atoms with E-state index in [0.29, 0.717) is 0 Å². The molecule has 0 bridgehead atoms. The molecule has 0 amide bonds. The van der Waals surface area contributed by atoms with Crippen molar-refractivity contribution in [2.75, 3.05) is 0 Å². The summed E-state index contributed by atoms with van der Waals surface area (Å²) in [6, 6.07) is 13.0. The number of thiophene rings is 3. The SMILES string of the molecule is CC(C)(C)C1=CC(=C(c2cccs2)c2ccc(C(=C3C=C(C(C)(C)C)C(=O)C(C(C)(C)C)=C3)c3cccs3)s2)C=C(C(C)(C)C)C1=O. The summed E-state index contributed by atoms with van der Waals surface area (Å²) in [6.07, 6.45) is 8.53. The lowest BCUT2D eigenvalue weighted by molar-refractivity contribution is -0.114. The average Bonchev–Trinajstić information content (AvgIpc) is 3.72. The van der Waals surface area contributed by atoms with Crippen molar-refractivity contribution in [2.45, 2.75) is 83.1 Å². The van der Waals surface area contributed by atoms with Gasteiger partial charge in [-0.2, -0.15) is 0 Å². The van der Waals surface area contributed by atoms with E-state index in [9.17, 15) is 9.59 Å². The molecule has 47 heavy (non-hydrogen) atoms. The molecule has 3 aromatic rings. The highest BCUT2D eigenvalue weighted by Crippen LogP contribution is 2.47. The van der Waals surface area contributed by atoms with Crippen LogP contribution in [-0.2, 0) is 9.59 Å². The van der Waals surface area contributed by atoms with Crippen molar-refractivity contribution in [3.05, 3.63) is 124 Å². The molecule has 0 aliphatic heterocycles. The minimum Gasteiger partial charge on any atom is -0.289 e. The molecule has 0 N–H and O–H groups in total. The Balaban J connectivity index is 1.82. The molecule has 5 rings (SSSR count). The van der Waals surface area contributed by atoms with Gasteiger partial charge in [-0.25, -0.2) is 0 Å². The van der Waals surface area contributed by atoms with E-state index >= 15 is 0 Å². The molecule has 0 unspecified atom stereocenters. The van der Waals surface area contributed by atoms with E-state index in [1.807, 2.05) is 0 Å². The molecule has 2 nitrogen and oxygen atoms in total. The van der Waals surface area contributed by atoms with Crippen molar-refractivity contribution in [3.63, 3.8) is 0 Å². The quantitative estimate of drug-likeness (QED) is 0.275. The maximum Gasteiger partial charge on any atom is 0.186 e. The summed E-state index contributed by atoms with van der Waals surface area (Å²) in [4.78, 5) is 32.3. The summed E-state index contributed by atoms with van der Waals surface area (Å²) >= 11 is 5.23. The van der Waals surface area contributed by atoms with Crippen LogP contribution >= 0.6 is 34.0 Å². The van der Waals surface area contributed by atoms with Crippen LogP contribution in [0.15, 0.2) is 105 Å². The van der Waals surface area contributed by atoms with Gasteiger partial charge in [0.25, 0.3) is 0 Å². The van der Waals surface area contributed by atoms with Gasteiger partial charge in [0.1, 0.15) is 0 Å². The third-order valence-electron chi connectivity index (χ3n) is 8.62. The van der Waals surface area contributed by atoms with Gasteiger partial charge in [0, 0.05) is 52.9 Å². The molecule has 0 fully saturated rings. The highest BCUT2D eigenvalue weighted by Gasteiger charge is 2.36. The van der Waals surface area contributed by atoms with Gasteiger partial charge in [-0.3, -0.25) is 9.59 Å². The van der Waals surface area contributed by atoms with Crippen LogP contribution in [0.3, 0.4) is 0 Å². The van der Waals surface area contributed by atoms with Crippen LogP contribution in [0.25, 0.3) is 11.1 Å². The van der Waals surface area contributed by atoms with Gasteiger partial charge in [0.05, 0.1) is 0 Å². The smallest absolute Gasteiger partial charge is 0.186 e. The topological polar surface area (TPSA) is 34.1 Å². The predicted octanol–water partition coefficient (Wildman–Crippen LogP) is 12.5. The van der Waals surface area contributed by atoms with Crippen LogP contribution in [-0.4, -0.2) is 11.6 Å². The fourth-order valence-electron chi connectivity index (χ4n) is 6.03. The summed E-state index contributed by atoms with van der Waals surface area (Å²) in [6.45, 7) is 25.5. The molecule has 0 spiro atoms. The molecule has 3 aromatic heterocycles. The molecule has 2 aliphatic rings. The lowest BCUT2D eigenvalue weighted by Crippen LogP contribution is -2.28. The van der Waals surface area contributed by atoms with Crippen LogP contribution in [0.5, 0.6) is 0 Å². The zero-order chi connectivity index (χ0) is 34.7. The normalized spacial score (nSPS) is 16.6. The molecule has 0 radical (unpaired) electrons. The molecule has 5 heteroatoms. The number of Topliss-reactive ketones (excluding diaryl/α,β-unsaturated/α-hetero) is 2. The second kappa shape index (κ2) is 12.4. The maximum absolute atomic E-state index is 13.8. The van der Waals surface area contributed by atoms with E-state index in [1.54, 1.807) is 34.0 Å². The van der Waals surface area contributed by atoms with E-state index in [-0.39, 0.29) is 33.2 Å². The van der Waals surface area contributed by atoms with Gasteiger partial charge in [0.2, 0.25) is 0 Å². The molecule has 3 heterocycles. The van der Waals surface area contributed by atoms with Crippen LogP contribution < -0.4 is 0 Å². The van der Waals surface area contributed by atoms with Crippen LogP contribution in [0, 0.1) is 21.7 Å². The number of rotatable bonds is 4. The van der Waals surface area contributed by atoms with Crippen molar-refractivity contribution in [3.8, 4) is 0 Å². The highest BCUT2D eigenvalue weighted by molar-refractivity contribution is 7.16. The number of hydrogen-bond acceptors (Lipinski definition) is 5. The number of allylic oxidation sites excluding steroid dienone is 10. The first-order chi connectivity index (χ1) is 21.7. The fourth-order valence-corrected chi connectivity index (χ4v) is 8.95. The molecule has 0 saturated carbocycles. The van der Waals surface area contributed by atoms with E-state index in [4.69, 9.17) is 0 Å². The van der Waals surface area contributed by atoms with Crippen LogP contribution in [0.4, 0.5) is 0 Å². The van der Waals surface area contributed by atoms with E-state index in [0.717, 1.165) is 54.3 Å². The predicted molar refractivity (Wildman–Crippen MR) is 205 cm³/mol. The monoisotopic (exact) mass is 680 g/mol. The van der Waals surface area contributed by atoms with Crippen molar-refractivity contribution >= 4 is 56.7 Å². The highest BCUT2D eigenvalue weighted by atomic mass is 32.1. The molecule has 0 atom stereocenters. The summed E-state index contributed by atoms with van der Waals surface area (Å²) in [7, 11) is 0. The van der Waals surface area contributed by atoms with Gasteiger partial charge >= 0.3 is 0 Å². The van der Waals surface area contributed by atoms with Crippen LogP contribution in [0.2, 0.25) is 0 Å².